The number of methoxy groups -OCH3 is 1. The Labute approximate surface area is 179 Å². The summed E-state index contributed by atoms with van der Waals surface area (Å²) in [4.78, 5) is 38.5. The summed E-state index contributed by atoms with van der Waals surface area (Å²) in [5, 5.41) is 5.51. The molecule has 31 heavy (non-hydrogen) atoms. The molecule has 0 saturated carbocycles. The van der Waals surface area contributed by atoms with E-state index in [-0.39, 0.29) is 5.91 Å². The number of esters is 1. The summed E-state index contributed by atoms with van der Waals surface area (Å²) in [6, 6.07) is 20.6. The van der Waals surface area contributed by atoms with Crippen molar-refractivity contribution in [2.24, 2.45) is 0 Å². The van der Waals surface area contributed by atoms with Gasteiger partial charge in [-0.15, -0.1) is 0 Å². The zero-order valence-electron chi connectivity index (χ0n) is 16.9. The van der Waals surface area contributed by atoms with E-state index in [1.54, 1.807) is 41.3 Å². The molecule has 7 heteroatoms. The lowest BCUT2D eigenvalue weighted by Gasteiger charge is -2.18. The first-order valence-electron chi connectivity index (χ1n) is 9.81. The highest BCUT2D eigenvalue weighted by Crippen LogP contribution is 2.32. The van der Waals surface area contributed by atoms with E-state index in [4.69, 9.17) is 0 Å². The second-order valence-electron chi connectivity index (χ2n) is 7.06. The average Bonchev–Trinajstić information content (AvgIpc) is 3.22. The molecule has 2 N–H and O–H groups in total. The van der Waals surface area contributed by atoms with Gasteiger partial charge < -0.3 is 20.3 Å². The molecule has 0 saturated heterocycles. The molecular formula is C24H21N3O4. The minimum Gasteiger partial charge on any atom is -0.465 e. The fraction of sp³-hybridized carbons (Fsp3) is 0.125. The van der Waals surface area contributed by atoms with Crippen molar-refractivity contribution in [2.75, 3.05) is 29.2 Å². The average molecular weight is 415 g/mol. The summed E-state index contributed by atoms with van der Waals surface area (Å²) in [5.74, 6) is -0.504. The van der Waals surface area contributed by atoms with Crippen LogP contribution in [-0.4, -0.2) is 31.6 Å². The van der Waals surface area contributed by atoms with E-state index in [0.29, 0.717) is 29.0 Å². The molecule has 3 aromatic rings. The third kappa shape index (κ3) is 4.40. The molecule has 7 nitrogen and oxygen atoms in total. The van der Waals surface area contributed by atoms with Crippen molar-refractivity contribution in [1.29, 1.82) is 0 Å². The smallest absolute Gasteiger partial charge is 0.337 e. The lowest BCUT2D eigenvalue weighted by molar-refractivity contribution is 0.0600. The summed E-state index contributed by atoms with van der Waals surface area (Å²) < 4.78 is 4.66. The predicted octanol–water partition coefficient (Wildman–Crippen LogP) is 4.32. The van der Waals surface area contributed by atoms with E-state index in [0.717, 1.165) is 17.7 Å². The van der Waals surface area contributed by atoms with Crippen LogP contribution in [0.1, 0.15) is 26.3 Å². The molecule has 0 fully saturated rings. The molecule has 0 aliphatic carbocycles. The van der Waals surface area contributed by atoms with E-state index < -0.39 is 12.0 Å². The van der Waals surface area contributed by atoms with Crippen LogP contribution in [0, 0.1) is 0 Å². The van der Waals surface area contributed by atoms with E-state index in [9.17, 15) is 14.4 Å². The molecule has 3 amide bonds. The van der Waals surface area contributed by atoms with Crippen molar-refractivity contribution in [3.63, 3.8) is 0 Å². The van der Waals surface area contributed by atoms with Gasteiger partial charge in [0.1, 0.15) is 0 Å². The lowest BCUT2D eigenvalue weighted by Crippen LogP contribution is -2.29. The van der Waals surface area contributed by atoms with E-state index in [1.165, 1.54) is 7.11 Å². The maximum Gasteiger partial charge on any atom is 0.337 e. The van der Waals surface area contributed by atoms with Crippen LogP contribution < -0.4 is 15.5 Å². The van der Waals surface area contributed by atoms with Gasteiger partial charge in [0.05, 0.1) is 12.7 Å². The Hall–Kier alpha value is -4.13. The van der Waals surface area contributed by atoms with Crippen LogP contribution in [0.25, 0.3) is 0 Å². The highest BCUT2D eigenvalue weighted by Gasteiger charge is 2.26. The third-order valence-electron chi connectivity index (χ3n) is 5.07. The Kier molecular flexibility index (Phi) is 5.66. The predicted molar refractivity (Wildman–Crippen MR) is 119 cm³/mol. The number of rotatable bonds is 4. The largest absolute Gasteiger partial charge is 0.465 e. The SMILES string of the molecule is COC(=O)c1ccc(NC(=O)Nc2ccc3c(c2)N(C(=O)c2ccccc2)CC3)cc1. The number of nitrogens with zero attached hydrogens (tertiary/aromatic N) is 1. The number of fused-ring (bicyclic) bond motifs is 1. The van der Waals surface area contributed by atoms with Gasteiger partial charge in [-0.05, 0) is 60.5 Å². The summed E-state index contributed by atoms with van der Waals surface area (Å²) in [7, 11) is 1.31. The van der Waals surface area contributed by atoms with Crippen LogP contribution in [0.15, 0.2) is 72.8 Å². The van der Waals surface area contributed by atoms with Crippen LogP contribution in [0.3, 0.4) is 0 Å². The standard InChI is InChI=1S/C24H21N3O4/c1-31-23(29)18-8-10-19(11-9-18)25-24(30)26-20-12-7-16-13-14-27(21(16)15-20)22(28)17-5-3-2-4-6-17/h2-12,15H,13-14H2,1H3,(H2,25,26,30). The van der Waals surface area contributed by atoms with Gasteiger partial charge in [-0.1, -0.05) is 24.3 Å². The normalized spacial score (nSPS) is 12.1. The van der Waals surface area contributed by atoms with Crippen molar-refractivity contribution in [1.82, 2.24) is 0 Å². The van der Waals surface area contributed by atoms with E-state index in [2.05, 4.69) is 15.4 Å². The monoisotopic (exact) mass is 415 g/mol. The summed E-state index contributed by atoms with van der Waals surface area (Å²) in [5.41, 5.74) is 4.00. The summed E-state index contributed by atoms with van der Waals surface area (Å²) in [6.07, 6.45) is 0.771. The molecule has 0 unspecified atom stereocenters. The second kappa shape index (κ2) is 8.71. The number of urea groups is 1. The third-order valence-corrected chi connectivity index (χ3v) is 5.07. The minimum atomic E-state index is -0.441. The van der Waals surface area contributed by atoms with Crippen LogP contribution >= 0.6 is 0 Å². The highest BCUT2D eigenvalue weighted by molar-refractivity contribution is 6.08. The van der Waals surface area contributed by atoms with Gasteiger partial charge in [-0.3, -0.25) is 4.79 Å². The van der Waals surface area contributed by atoms with Gasteiger partial charge in [-0.2, -0.15) is 0 Å². The minimum absolute atomic E-state index is 0.0633. The Morgan fingerprint density at radius 2 is 1.52 bits per heavy atom. The summed E-state index contributed by atoms with van der Waals surface area (Å²) >= 11 is 0. The number of hydrogen-bond acceptors (Lipinski definition) is 4. The van der Waals surface area contributed by atoms with Crippen molar-refractivity contribution in [2.45, 2.75) is 6.42 Å². The molecule has 0 bridgehead atoms. The number of carbonyl (C=O) groups is 3. The Morgan fingerprint density at radius 3 is 2.23 bits per heavy atom. The molecule has 1 heterocycles. The maximum absolute atomic E-state index is 12.9. The molecular weight excluding hydrogens is 394 g/mol. The Morgan fingerprint density at radius 1 is 0.839 bits per heavy atom. The molecule has 0 spiro atoms. The Bertz CT molecular complexity index is 1130. The first-order chi connectivity index (χ1) is 15.0. The topological polar surface area (TPSA) is 87.7 Å². The van der Waals surface area contributed by atoms with E-state index >= 15 is 0 Å². The zero-order chi connectivity index (χ0) is 21.8. The number of ether oxygens (including phenoxy) is 1. The number of benzene rings is 3. The zero-order valence-corrected chi connectivity index (χ0v) is 16.9. The Balaban J connectivity index is 1.45. The number of amides is 3. The fourth-order valence-electron chi connectivity index (χ4n) is 3.51. The van der Waals surface area contributed by atoms with Gasteiger partial charge in [0, 0.05) is 29.2 Å². The van der Waals surface area contributed by atoms with Crippen LogP contribution in [0.2, 0.25) is 0 Å². The summed E-state index contributed by atoms with van der Waals surface area (Å²) in [6.45, 7) is 0.602. The van der Waals surface area contributed by atoms with Gasteiger partial charge in [0.15, 0.2) is 0 Å². The molecule has 4 rings (SSSR count). The van der Waals surface area contributed by atoms with Crippen molar-refractivity contribution in [3.8, 4) is 0 Å². The molecule has 156 valence electrons. The lowest BCUT2D eigenvalue weighted by atomic mass is 10.1. The maximum atomic E-state index is 12.9. The highest BCUT2D eigenvalue weighted by atomic mass is 16.5. The van der Waals surface area contributed by atoms with Gasteiger partial charge in [0.2, 0.25) is 0 Å². The van der Waals surface area contributed by atoms with Gasteiger partial charge in [-0.25, -0.2) is 9.59 Å². The number of carbonyl (C=O) groups excluding carboxylic acids is 3. The number of hydrogen-bond donors (Lipinski definition) is 2. The number of nitrogens with one attached hydrogen (secondary N) is 2. The second-order valence-corrected chi connectivity index (χ2v) is 7.06. The quantitative estimate of drug-likeness (QED) is 0.621. The first kappa shape index (κ1) is 20.2. The molecule has 3 aromatic carbocycles. The number of anilines is 3. The van der Waals surface area contributed by atoms with Crippen LogP contribution in [0.4, 0.5) is 21.9 Å². The van der Waals surface area contributed by atoms with Crippen molar-refractivity contribution >= 4 is 35.0 Å². The van der Waals surface area contributed by atoms with Gasteiger partial charge >= 0.3 is 12.0 Å². The van der Waals surface area contributed by atoms with Crippen LogP contribution in [-0.2, 0) is 11.2 Å². The molecule has 1 aliphatic heterocycles. The first-order valence-corrected chi connectivity index (χ1v) is 9.81. The molecule has 0 aromatic heterocycles. The molecule has 0 radical (unpaired) electrons. The van der Waals surface area contributed by atoms with Gasteiger partial charge in [0.25, 0.3) is 5.91 Å². The van der Waals surface area contributed by atoms with Crippen LogP contribution in [0.5, 0.6) is 0 Å². The molecule has 1 aliphatic rings. The van der Waals surface area contributed by atoms with Crippen molar-refractivity contribution in [3.05, 3.63) is 89.5 Å². The van der Waals surface area contributed by atoms with Crippen molar-refractivity contribution < 1.29 is 19.1 Å². The molecule has 0 atom stereocenters. The fourth-order valence-corrected chi connectivity index (χ4v) is 3.51. The van der Waals surface area contributed by atoms with E-state index in [1.807, 2.05) is 36.4 Å².